The number of alkyl halides is 1. The number of nitrogens with one attached hydrogen (secondary N) is 1. The Morgan fingerprint density at radius 1 is 1.16 bits per heavy atom. The van der Waals surface area contributed by atoms with Gasteiger partial charge in [-0.15, -0.1) is 5.10 Å². The van der Waals surface area contributed by atoms with Crippen LogP contribution >= 0.6 is 27.5 Å². The Morgan fingerprint density at radius 2 is 1.88 bits per heavy atom. The third-order valence-electron chi connectivity index (χ3n) is 6.27. The molecule has 0 aliphatic heterocycles. The minimum absolute atomic E-state index is 0.176. The lowest BCUT2D eigenvalue weighted by atomic mass is 9.49. The monoisotopic (exact) mass is 417 g/mol. The van der Waals surface area contributed by atoms with Crippen molar-refractivity contribution in [1.29, 1.82) is 0 Å². The number of hydrogen-bond acceptors (Lipinski definition) is 4. The van der Waals surface area contributed by atoms with Gasteiger partial charge in [-0.3, -0.25) is 4.79 Å². The molecule has 0 spiro atoms. The molecule has 0 saturated heterocycles. The zero-order valence-corrected chi connectivity index (χ0v) is 16.3. The molecule has 2 aromatic rings. The largest absolute Gasteiger partial charge is 0.326 e. The van der Waals surface area contributed by atoms with Gasteiger partial charge in [0.15, 0.2) is 0 Å². The lowest BCUT2D eigenvalue weighted by molar-refractivity contribution is -0.138. The van der Waals surface area contributed by atoms with Crippen molar-refractivity contribution in [3.8, 4) is 11.3 Å². The summed E-state index contributed by atoms with van der Waals surface area (Å²) in [5, 5.41) is 9.21. The van der Waals surface area contributed by atoms with Crippen LogP contribution in [0.4, 0.5) is 5.69 Å². The minimum atomic E-state index is -0.176. The molecule has 4 aliphatic rings. The smallest absolute Gasteiger partial charge is 0.230 e. The zero-order chi connectivity index (χ0) is 17.1. The molecule has 1 aromatic heterocycles. The number of hydrogen-bond donors (Lipinski definition) is 1. The van der Waals surface area contributed by atoms with Crippen LogP contribution in [-0.2, 0) is 4.79 Å². The van der Waals surface area contributed by atoms with Crippen molar-refractivity contribution in [2.75, 3.05) is 5.32 Å². The van der Waals surface area contributed by atoms with E-state index in [0.29, 0.717) is 11.8 Å². The number of anilines is 1. The third kappa shape index (κ3) is 2.74. The van der Waals surface area contributed by atoms with E-state index in [2.05, 4.69) is 30.8 Å². The Labute approximate surface area is 159 Å². The number of rotatable bonds is 3. The van der Waals surface area contributed by atoms with Gasteiger partial charge in [0.1, 0.15) is 5.69 Å². The predicted octanol–water partition coefficient (Wildman–Crippen LogP) is 4.88. The van der Waals surface area contributed by atoms with E-state index in [1.165, 1.54) is 30.8 Å². The zero-order valence-electron chi connectivity index (χ0n) is 13.9. The minimum Gasteiger partial charge on any atom is -0.326 e. The van der Waals surface area contributed by atoms with Gasteiger partial charge in [0.05, 0.1) is 5.41 Å². The van der Waals surface area contributed by atoms with Crippen LogP contribution in [0.25, 0.3) is 11.3 Å². The summed E-state index contributed by atoms with van der Waals surface area (Å²) < 4.78 is 4.10. The molecular weight excluding hydrogens is 398 g/mol. The number of nitrogens with zero attached hydrogens (tertiary/aromatic N) is 2. The van der Waals surface area contributed by atoms with E-state index in [9.17, 15) is 4.79 Å². The van der Waals surface area contributed by atoms with Crippen LogP contribution < -0.4 is 5.32 Å². The van der Waals surface area contributed by atoms with Crippen molar-refractivity contribution < 1.29 is 4.79 Å². The van der Waals surface area contributed by atoms with Crippen molar-refractivity contribution in [2.45, 2.75) is 42.8 Å². The molecule has 2 unspecified atom stereocenters. The van der Waals surface area contributed by atoms with Gasteiger partial charge in [-0.2, -0.15) is 0 Å². The molecule has 4 aliphatic carbocycles. The second kappa shape index (κ2) is 5.61. The quantitative estimate of drug-likeness (QED) is 0.723. The average Bonchev–Trinajstić information content (AvgIpc) is 3.07. The van der Waals surface area contributed by atoms with Crippen LogP contribution in [-0.4, -0.2) is 19.8 Å². The van der Waals surface area contributed by atoms with Gasteiger partial charge in [0.25, 0.3) is 0 Å². The number of aromatic nitrogens is 2. The molecule has 2 atom stereocenters. The van der Waals surface area contributed by atoms with Crippen LogP contribution in [0.5, 0.6) is 0 Å². The molecule has 1 aromatic carbocycles. The number of halogens is 1. The molecule has 4 saturated carbocycles. The summed E-state index contributed by atoms with van der Waals surface area (Å²) >= 11 is 5.33. The van der Waals surface area contributed by atoms with Crippen LogP contribution in [0, 0.1) is 17.3 Å². The van der Waals surface area contributed by atoms with E-state index in [1.54, 1.807) is 0 Å². The number of carbonyl (C=O) groups excluding carboxylic acids is 1. The Morgan fingerprint density at radius 3 is 2.48 bits per heavy atom. The van der Waals surface area contributed by atoms with E-state index in [-0.39, 0.29) is 15.6 Å². The SMILES string of the molecule is O=C(Nc1ccc(-c2csnn2)cc1)C12CC3CC(CC(Br)(C3)C1)C2. The highest BCUT2D eigenvalue weighted by molar-refractivity contribution is 9.10. The van der Waals surface area contributed by atoms with E-state index in [0.717, 1.165) is 36.2 Å². The van der Waals surface area contributed by atoms with Gasteiger partial charge in [-0.05, 0) is 74.0 Å². The molecule has 6 rings (SSSR count). The Bertz CT molecular complexity index is 791. The van der Waals surface area contributed by atoms with Gasteiger partial charge in [0, 0.05) is 21.0 Å². The molecule has 130 valence electrons. The first kappa shape index (κ1) is 15.9. The highest BCUT2D eigenvalue weighted by Gasteiger charge is 2.59. The molecular formula is C19H20BrN3OS. The van der Waals surface area contributed by atoms with Gasteiger partial charge < -0.3 is 5.32 Å². The van der Waals surface area contributed by atoms with Crippen LogP contribution in [0.2, 0.25) is 0 Å². The van der Waals surface area contributed by atoms with Crippen LogP contribution in [0.1, 0.15) is 38.5 Å². The fourth-order valence-electron chi connectivity index (χ4n) is 5.69. The van der Waals surface area contributed by atoms with Crippen molar-refractivity contribution >= 4 is 39.1 Å². The number of benzene rings is 1. The molecule has 4 nitrogen and oxygen atoms in total. The average molecular weight is 418 g/mol. The third-order valence-corrected chi connectivity index (χ3v) is 7.70. The maximum atomic E-state index is 13.2. The predicted molar refractivity (Wildman–Crippen MR) is 103 cm³/mol. The second-order valence-electron chi connectivity index (χ2n) is 8.21. The Balaban J connectivity index is 1.35. The normalized spacial score (nSPS) is 35.7. The topological polar surface area (TPSA) is 54.9 Å². The lowest BCUT2D eigenvalue weighted by Crippen LogP contribution is -2.57. The van der Waals surface area contributed by atoms with Crippen molar-refractivity contribution in [3.05, 3.63) is 29.6 Å². The fourth-order valence-corrected chi connectivity index (χ4v) is 7.61. The molecule has 4 fully saturated rings. The Kier molecular flexibility index (Phi) is 3.58. The summed E-state index contributed by atoms with van der Waals surface area (Å²) in [5.74, 6) is 1.64. The van der Waals surface area contributed by atoms with E-state index < -0.39 is 0 Å². The standard InChI is InChI=1S/C19H20BrN3OS/c20-19-8-12-5-13(9-19)7-18(6-12,11-19)17(24)21-15-3-1-14(2-4-15)16-10-25-23-22-16/h1-4,10,12-13H,5-9,11H2,(H,21,24). The summed E-state index contributed by atoms with van der Waals surface area (Å²) in [7, 11) is 0. The van der Waals surface area contributed by atoms with Crippen molar-refractivity contribution in [3.63, 3.8) is 0 Å². The first-order valence-electron chi connectivity index (χ1n) is 8.92. The molecule has 4 bridgehead atoms. The number of amides is 1. The van der Waals surface area contributed by atoms with Gasteiger partial charge >= 0.3 is 0 Å². The molecule has 25 heavy (non-hydrogen) atoms. The second-order valence-corrected chi connectivity index (χ2v) is 10.5. The number of carbonyl (C=O) groups is 1. The van der Waals surface area contributed by atoms with Crippen LogP contribution in [0.3, 0.4) is 0 Å². The van der Waals surface area contributed by atoms with Crippen molar-refractivity contribution in [2.24, 2.45) is 17.3 Å². The fraction of sp³-hybridized carbons (Fsp3) is 0.526. The van der Waals surface area contributed by atoms with E-state index in [4.69, 9.17) is 0 Å². The summed E-state index contributed by atoms with van der Waals surface area (Å²) in [6.07, 6.45) is 6.92. The lowest BCUT2D eigenvalue weighted by Gasteiger charge is -2.59. The Hall–Kier alpha value is -1.27. The first-order chi connectivity index (χ1) is 12.0. The summed E-state index contributed by atoms with van der Waals surface area (Å²) in [4.78, 5) is 13.2. The molecule has 1 heterocycles. The summed E-state index contributed by atoms with van der Waals surface area (Å²) in [6.45, 7) is 0. The maximum absolute atomic E-state index is 13.2. The molecule has 0 radical (unpaired) electrons. The van der Waals surface area contributed by atoms with Crippen LogP contribution in [0.15, 0.2) is 29.6 Å². The molecule has 1 N–H and O–H groups in total. The highest BCUT2D eigenvalue weighted by Crippen LogP contribution is 2.64. The van der Waals surface area contributed by atoms with E-state index >= 15 is 0 Å². The molecule has 6 heteroatoms. The summed E-state index contributed by atoms with van der Waals surface area (Å²) in [5.41, 5.74) is 2.60. The maximum Gasteiger partial charge on any atom is 0.230 e. The van der Waals surface area contributed by atoms with Gasteiger partial charge in [-0.1, -0.05) is 32.6 Å². The molecule has 1 amide bonds. The van der Waals surface area contributed by atoms with Gasteiger partial charge in [-0.25, -0.2) is 0 Å². The summed E-state index contributed by atoms with van der Waals surface area (Å²) in [6, 6.07) is 7.93. The van der Waals surface area contributed by atoms with Gasteiger partial charge in [0.2, 0.25) is 5.91 Å². The highest BCUT2D eigenvalue weighted by atomic mass is 79.9. The van der Waals surface area contributed by atoms with Crippen molar-refractivity contribution in [1.82, 2.24) is 9.59 Å². The first-order valence-corrected chi connectivity index (χ1v) is 10.5. The van der Waals surface area contributed by atoms with E-state index in [1.807, 2.05) is 29.6 Å².